The Bertz CT molecular complexity index is 401. The minimum atomic E-state index is -0.107. The molecule has 0 fully saturated rings. The van der Waals surface area contributed by atoms with E-state index in [0.717, 1.165) is 12.1 Å². The van der Waals surface area contributed by atoms with Crippen LogP contribution in [0.3, 0.4) is 0 Å². The lowest BCUT2D eigenvalue weighted by Crippen LogP contribution is -2.30. The molecule has 0 aliphatic heterocycles. The number of aromatic amines is 1. The first-order valence-corrected chi connectivity index (χ1v) is 6.44. The first kappa shape index (κ1) is 18.9. The Morgan fingerprint density at radius 2 is 2.15 bits per heavy atom. The van der Waals surface area contributed by atoms with Gasteiger partial charge in [0.15, 0.2) is 5.82 Å². The van der Waals surface area contributed by atoms with E-state index in [-0.39, 0.29) is 30.3 Å². The van der Waals surface area contributed by atoms with E-state index in [9.17, 15) is 4.79 Å². The minimum absolute atomic E-state index is 0. The highest BCUT2D eigenvalue weighted by molar-refractivity contribution is 5.91. The van der Waals surface area contributed by atoms with E-state index >= 15 is 0 Å². The van der Waals surface area contributed by atoms with Gasteiger partial charge in [-0.05, 0) is 11.8 Å². The van der Waals surface area contributed by atoms with E-state index in [1.807, 2.05) is 6.07 Å². The fourth-order valence-corrected chi connectivity index (χ4v) is 1.65. The van der Waals surface area contributed by atoms with Gasteiger partial charge in [-0.15, -0.1) is 12.4 Å². The van der Waals surface area contributed by atoms with Crippen LogP contribution in [0.15, 0.2) is 6.07 Å². The molecular weight excluding hydrogens is 280 g/mol. The summed E-state index contributed by atoms with van der Waals surface area (Å²) in [6.07, 6.45) is 0.891. The van der Waals surface area contributed by atoms with Crippen LogP contribution in [0, 0.1) is 5.41 Å². The number of ether oxygens (including phenoxy) is 1. The van der Waals surface area contributed by atoms with Gasteiger partial charge in [0, 0.05) is 25.4 Å². The van der Waals surface area contributed by atoms with E-state index < -0.39 is 0 Å². The highest BCUT2D eigenvalue weighted by Crippen LogP contribution is 2.20. The second-order valence-electron chi connectivity index (χ2n) is 5.73. The SMILES string of the molecule is COCCNCC(=O)Nc1cc(CC(C)(C)C)[nH]n1.Cl. The zero-order valence-corrected chi connectivity index (χ0v) is 13.4. The number of hydrogen-bond donors (Lipinski definition) is 3. The molecule has 1 aromatic heterocycles. The van der Waals surface area contributed by atoms with Gasteiger partial charge >= 0.3 is 0 Å². The molecule has 6 nitrogen and oxygen atoms in total. The smallest absolute Gasteiger partial charge is 0.239 e. The van der Waals surface area contributed by atoms with Crippen molar-refractivity contribution < 1.29 is 9.53 Å². The summed E-state index contributed by atoms with van der Waals surface area (Å²) in [6, 6.07) is 1.87. The van der Waals surface area contributed by atoms with E-state index in [0.29, 0.717) is 19.0 Å². The minimum Gasteiger partial charge on any atom is -0.383 e. The van der Waals surface area contributed by atoms with E-state index in [1.165, 1.54) is 0 Å². The lowest BCUT2D eigenvalue weighted by molar-refractivity contribution is -0.115. The molecule has 0 atom stereocenters. The number of halogens is 1. The molecular formula is C13H25ClN4O2. The van der Waals surface area contributed by atoms with Gasteiger partial charge in [0.1, 0.15) is 0 Å². The van der Waals surface area contributed by atoms with Crippen molar-refractivity contribution in [1.29, 1.82) is 0 Å². The third-order valence-electron chi connectivity index (χ3n) is 2.39. The van der Waals surface area contributed by atoms with Gasteiger partial charge in [-0.3, -0.25) is 9.89 Å². The molecule has 116 valence electrons. The van der Waals surface area contributed by atoms with Gasteiger partial charge in [0.25, 0.3) is 0 Å². The second-order valence-corrected chi connectivity index (χ2v) is 5.73. The predicted octanol–water partition coefficient (Wildman–Crippen LogP) is 1.59. The maximum atomic E-state index is 11.6. The molecule has 0 aliphatic carbocycles. The highest BCUT2D eigenvalue weighted by atomic mass is 35.5. The van der Waals surface area contributed by atoms with Crippen LogP contribution in [0.4, 0.5) is 5.82 Å². The lowest BCUT2D eigenvalue weighted by Gasteiger charge is -2.15. The molecule has 20 heavy (non-hydrogen) atoms. The molecule has 1 rings (SSSR count). The number of aromatic nitrogens is 2. The lowest BCUT2D eigenvalue weighted by atomic mass is 9.91. The largest absolute Gasteiger partial charge is 0.383 e. The zero-order valence-electron chi connectivity index (χ0n) is 12.6. The number of nitrogens with zero attached hydrogens (tertiary/aromatic N) is 1. The van der Waals surface area contributed by atoms with Crippen LogP contribution in [0.5, 0.6) is 0 Å². The summed E-state index contributed by atoms with van der Waals surface area (Å²) in [5.74, 6) is 0.461. The van der Waals surface area contributed by atoms with Crippen molar-refractivity contribution in [3.05, 3.63) is 11.8 Å². The normalized spacial score (nSPS) is 11.0. The fraction of sp³-hybridized carbons (Fsp3) is 0.692. The highest BCUT2D eigenvalue weighted by Gasteiger charge is 2.13. The Labute approximate surface area is 126 Å². The molecule has 1 aromatic rings. The Morgan fingerprint density at radius 3 is 2.75 bits per heavy atom. The van der Waals surface area contributed by atoms with Crippen molar-refractivity contribution in [3.8, 4) is 0 Å². The number of nitrogens with one attached hydrogen (secondary N) is 3. The summed E-state index contributed by atoms with van der Waals surface area (Å²) in [4.78, 5) is 11.6. The third kappa shape index (κ3) is 8.14. The summed E-state index contributed by atoms with van der Waals surface area (Å²) in [5, 5.41) is 12.7. The molecule has 0 saturated carbocycles. The number of amides is 1. The molecule has 0 aliphatic rings. The molecule has 0 bridgehead atoms. The maximum absolute atomic E-state index is 11.6. The number of rotatable bonds is 7. The van der Waals surface area contributed by atoms with Crippen LogP contribution in [0.25, 0.3) is 0 Å². The molecule has 0 aromatic carbocycles. The van der Waals surface area contributed by atoms with Gasteiger partial charge in [0.2, 0.25) is 5.91 Å². The van der Waals surface area contributed by atoms with E-state index in [2.05, 4.69) is 41.6 Å². The monoisotopic (exact) mass is 304 g/mol. The van der Waals surface area contributed by atoms with Crippen molar-refractivity contribution in [2.24, 2.45) is 5.41 Å². The van der Waals surface area contributed by atoms with Crippen LogP contribution in [-0.4, -0.2) is 42.9 Å². The number of carbonyl (C=O) groups is 1. The standard InChI is InChI=1S/C13H24N4O2.ClH/c1-13(2,3)8-10-7-11(17-16-10)15-12(18)9-14-5-6-19-4;/h7,14H,5-6,8-9H2,1-4H3,(H2,15,16,17,18);1H. The number of anilines is 1. The van der Waals surface area contributed by atoms with Gasteiger partial charge < -0.3 is 15.4 Å². The van der Waals surface area contributed by atoms with Gasteiger partial charge in [-0.2, -0.15) is 5.10 Å². The molecule has 0 saturated heterocycles. The molecule has 1 amide bonds. The van der Waals surface area contributed by atoms with Crippen LogP contribution >= 0.6 is 12.4 Å². The van der Waals surface area contributed by atoms with Crippen LogP contribution in [-0.2, 0) is 16.0 Å². The Hall–Kier alpha value is -1.11. The summed E-state index contributed by atoms with van der Waals surface area (Å²) in [5.41, 5.74) is 1.21. The predicted molar refractivity (Wildman–Crippen MR) is 82.4 cm³/mol. The molecule has 0 unspecified atom stereocenters. The number of methoxy groups -OCH3 is 1. The van der Waals surface area contributed by atoms with Crippen LogP contribution < -0.4 is 10.6 Å². The molecule has 1 heterocycles. The second kappa shape index (κ2) is 8.94. The van der Waals surface area contributed by atoms with Gasteiger partial charge in [0.05, 0.1) is 13.2 Å². The quantitative estimate of drug-likeness (QED) is 0.669. The molecule has 0 spiro atoms. The Balaban J connectivity index is 0.00000361. The first-order valence-electron chi connectivity index (χ1n) is 6.44. The Kier molecular flexibility index (Phi) is 8.45. The van der Waals surface area contributed by atoms with Crippen molar-refractivity contribution >= 4 is 24.1 Å². The topological polar surface area (TPSA) is 79.0 Å². The van der Waals surface area contributed by atoms with Crippen LogP contribution in [0.1, 0.15) is 26.5 Å². The van der Waals surface area contributed by atoms with E-state index in [4.69, 9.17) is 4.74 Å². The van der Waals surface area contributed by atoms with Gasteiger partial charge in [-0.1, -0.05) is 20.8 Å². The summed E-state index contributed by atoms with van der Waals surface area (Å²) in [6.45, 7) is 7.97. The van der Waals surface area contributed by atoms with Crippen molar-refractivity contribution in [3.63, 3.8) is 0 Å². The fourth-order valence-electron chi connectivity index (χ4n) is 1.65. The maximum Gasteiger partial charge on any atom is 0.239 e. The van der Waals surface area contributed by atoms with Gasteiger partial charge in [-0.25, -0.2) is 0 Å². The third-order valence-corrected chi connectivity index (χ3v) is 2.39. The average molecular weight is 305 g/mol. The van der Waals surface area contributed by atoms with Crippen LogP contribution in [0.2, 0.25) is 0 Å². The van der Waals surface area contributed by atoms with Crippen molar-refractivity contribution in [2.45, 2.75) is 27.2 Å². The molecule has 3 N–H and O–H groups in total. The average Bonchev–Trinajstić information content (AvgIpc) is 2.69. The summed E-state index contributed by atoms with van der Waals surface area (Å²) in [7, 11) is 1.63. The zero-order chi connectivity index (χ0) is 14.3. The van der Waals surface area contributed by atoms with E-state index in [1.54, 1.807) is 7.11 Å². The number of carbonyl (C=O) groups excluding carboxylic acids is 1. The summed E-state index contributed by atoms with van der Waals surface area (Å²) < 4.78 is 4.88. The first-order chi connectivity index (χ1) is 8.90. The Morgan fingerprint density at radius 1 is 1.45 bits per heavy atom. The van der Waals surface area contributed by atoms with Crippen molar-refractivity contribution in [2.75, 3.05) is 32.1 Å². The molecule has 0 radical (unpaired) electrons. The van der Waals surface area contributed by atoms with Crippen molar-refractivity contribution in [1.82, 2.24) is 15.5 Å². The number of hydrogen-bond acceptors (Lipinski definition) is 4. The molecule has 7 heteroatoms. The summed E-state index contributed by atoms with van der Waals surface area (Å²) >= 11 is 0. The number of H-pyrrole nitrogens is 1.